The number of nitrogens with zero attached hydrogens (tertiary/aromatic N) is 1. The maximum Gasteiger partial charge on any atom is 0.237 e. The summed E-state index contributed by atoms with van der Waals surface area (Å²) in [5.74, 6) is 5.41. The van der Waals surface area contributed by atoms with Crippen LogP contribution in [0.2, 0.25) is 0 Å². The van der Waals surface area contributed by atoms with Gasteiger partial charge in [0.05, 0.1) is 24.7 Å². The summed E-state index contributed by atoms with van der Waals surface area (Å²) in [6.07, 6.45) is 0.216. The van der Waals surface area contributed by atoms with Crippen LogP contribution in [0.15, 0.2) is 48.5 Å². The maximum atomic E-state index is 11.0. The number of amides is 1. The van der Waals surface area contributed by atoms with Crippen molar-refractivity contribution in [3.05, 3.63) is 54.1 Å². The first-order valence-electron chi connectivity index (χ1n) is 6.46. The van der Waals surface area contributed by atoms with Gasteiger partial charge in [0.1, 0.15) is 5.75 Å². The van der Waals surface area contributed by atoms with Crippen LogP contribution in [-0.2, 0) is 4.79 Å². The SMILES string of the molecule is N#Cc1ccc(-c2ccc(OCCC(=O)NN)cc2)cc1. The standard InChI is InChI=1S/C16H15N3O2/c17-11-12-1-3-13(4-2-12)14-5-7-15(8-6-14)21-10-9-16(20)19-18/h1-8H,9-10,18H2,(H,19,20). The summed E-state index contributed by atoms with van der Waals surface area (Å²) in [4.78, 5) is 11.0. The number of hydrogen-bond acceptors (Lipinski definition) is 4. The zero-order chi connectivity index (χ0) is 15.1. The molecule has 2 aromatic carbocycles. The van der Waals surface area contributed by atoms with Crippen LogP contribution in [0, 0.1) is 11.3 Å². The van der Waals surface area contributed by atoms with E-state index in [-0.39, 0.29) is 18.9 Å². The summed E-state index contributed by atoms with van der Waals surface area (Å²) < 4.78 is 5.45. The minimum absolute atomic E-state index is 0.216. The third kappa shape index (κ3) is 4.06. The molecule has 106 valence electrons. The molecule has 0 saturated carbocycles. The number of benzene rings is 2. The molecule has 2 rings (SSSR count). The number of ether oxygens (including phenoxy) is 1. The van der Waals surface area contributed by atoms with Gasteiger partial charge < -0.3 is 4.74 Å². The number of hydrogen-bond donors (Lipinski definition) is 2. The van der Waals surface area contributed by atoms with E-state index in [4.69, 9.17) is 15.8 Å². The summed E-state index contributed by atoms with van der Waals surface area (Å²) in [6, 6.07) is 17.0. The molecule has 21 heavy (non-hydrogen) atoms. The van der Waals surface area contributed by atoms with Crippen LogP contribution in [0.5, 0.6) is 5.75 Å². The summed E-state index contributed by atoms with van der Waals surface area (Å²) in [5.41, 5.74) is 4.75. The largest absolute Gasteiger partial charge is 0.493 e. The summed E-state index contributed by atoms with van der Waals surface area (Å²) in [5, 5.41) is 8.77. The zero-order valence-electron chi connectivity index (χ0n) is 11.4. The minimum atomic E-state index is -0.260. The number of carbonyl (C=O) groups is 1. The Labute approximate surface area is 122 Å². The van der Waals surface area contributed by atoms with Crippen molar-refractivity contribution in [2.75, 3.05) is 6.61 Å². The van der Waals surface area contributed by atoms with Gasteiger partial charge in [0, 0.05) is 0 Å². The van der Waals surface area contributed by atoms with Crippen LogP contribution in [0.25, 0.3) is 11.1 Å². The molecular weight excluding hydrogens is 266 g/mol. The van der Waals surface area contributed by atoms with E-state index in [0.29, 0.717) is 11.3 Å². The Bertz CT molecular complexity index is 643. The molecule has 0 unspecified atom stereocenters. The van der Waals surface area contributed by atoms with E-state index in [9.17, 15) is 4.79 Å². The smallest absolute Gasteiger partial charge is 0.237 e. The van der Waals surface area contributed by atoms with E-state index in [2.05, 4.69) is 6.07 Å². The Hall–Kier alpha value is -2.84. The highest BCUT2D eigenvalue weighted by Gasteiger charge is 2.01. The van der Waals surface area contributed by atoms with Crippen molar-refractivity contribution < 1.29 is 9.53 Å². The molecule has 0 spiro atoms. The monoisotopic (exact) mass is 281 g/mol. The van der Waals surface area contributed by atoms with Gasteiger partial charge in [0.2, 0.25) is 5.91 Å². The Morgan fingerprint density at radius 3 is 2.19 bits per heavy atom. The molecule has 0 bridgehead atoms. The molecule has 0 aromatic heterocycles. The molecule has 0 atom stereocenters. The topological polar surface area (TPSA) is 88.1 Å². The molecule has 2 aromatic rings. The summed E-state index contributed by atoms with van der Waals surface area (Å²) in [7, 11) is 0. The van der Waals surface area contributed by atoms with Gasteiger partial charge in [-0.15, -0.1) is 0 Å². The van der Waals surface area contributed by atoms with E-state index >= 15 is 0 Å². The van der Waals surface area contributed by atoms with E-state index in [1.807, 2.05) is 41.8 Å². The zero-order valence-corrected chi connectivity index (χ0v) is 11.4. The molecule has 1 amide bonds. The van der Waals surface area contributed by atoms with Crippen molar-refractivity contribution in [3.63, 3.8) is 0 Å². The molecule has 0 aliphatic carbocycles. The molecule has 3 N–H and O–H groups in total. The fourth-order valence-corrected chi connectivity index (χ4v) is 1.81. The minimum Gasteiger partial charge on any atom is -0.493 e. The predicted octanol–water partition coefficient (Wildman–Crippen LogP) is 1.98. The van der Waals surface area contributed by atoms with Crippen molar-refractivity contribution in [1.82, 2.24) is 5.43 Å². The lowest BCUT2D eigenvalue weighted by atomic mass is 10.0. The van der Waals surface area contributed by atoms with E-state index in [1.165, 1.54) is 0 Å². The van der Waals surface area contributed by atoms with Gasteiger partial charge in [-0.25, -0.2) is 5.84 Å². The van der Waals surface area contributed by atoms with Crippen molar-refractivity contribution >= 4 is 5.91 Å². The molecule has 0 saturated heterocycles. The summed E-state index contributed by atoms with van der Waals surface area (Å²) >= 11 is 0. The number of carbonyl (C=O) groups excluding carboxylic acids is 1. The highest BCUT2D eigenvalue weighted by atomic mass is 16.5. The van der Waals surface area contributed by atoms with Gasteiger partial charge in [-0.2, -0.15) is 5.26 Å². The highest BCUT2D eigenvalue weighted by molar-refractivity contribution is 5.75. The Morgan fingerprint density at radius 2 is 1.67 bits per heavy atom. The van der Waals surface area contributed by atoms with Crippen molar-refractivity contribution in [1.29, 1.82) is 5.26 Å². The third-order valence-electron chi connectivity index (χ3n) is 2.96. The first kappa shape index (κ1) is 14.6. The van der Waals surface area contributed by atoms with Crippen LogP contribution in [0.4, 0.5) is 0 Å². The molecule has 0 fully saturated rings. The molecule has 5 heteroatoms. The van der Waals surface area contributed by atoms with E-state index in [0.717, 1.165) is 11.1 Å². The van der Waals surface area contributed by atoms with Crippen LogP contribution in [0.1, 0.15) is 12.0 Å². The summed E-state index contributed by atoms with van der Waals surface area (Å²) in [6.45, 7) is 0.277. The third-order valence-corrected chi connectivity index (χ3v) is 2.96. The molecule has 0 aliphatic heterocycles. The number of nitrogens with one attached hydrogen (secondary N) is 1. The Balaban J connectivity index is 1.98. The molecule has 5 nitrogen and oxygen atoms in total. The number of rotatable bonds is 5. The molecule has 0 aliphatic rings. The average Bonchev–Trinajstić information content (AvgIpc) is 2.55. The van der Waals surface area contributed by atoms with Crippen molar-refractivity contribution in [2.24, 2.45) is 5.84 Å². The Kier molecular flexibility index (Phi) is 4.91. The van der Waals surface area contributed by atoms with E-state index in [1.54, 1.807) is 12.1 Å². The van der Waals surface area contributed by atoms with Gasteiger partial charge in [0.15, 0.2) is 0 Å². The lowest BCUT2D eigenvalue weighted by Gasteiger charge is -2.07. The lowest BCUT2D eigenvalue weighted by molar-refractivity contribution is -0.121. The fraction of sp³-hybridized carbons (Fsp3) is 0.125. The number of nitrogens with two attached hydrogens (primary N) is 1. The number of hydrazine groups is 1. The molecule has 0 radical (unpaired) electrons. The van der Waals surface area contributed by atoms with E-state index < -0.39 is 0 Å². The van der Waals surface area contributed by atoms with Crippen molar-refractivity contribution in [2.45, 2.75) is 6.42 Å². The van der Waals surface area contributed by atoms with Crippen LogP contribution < -0.4 is 16.0 Å². The highest BCUT2D eigenvalue weighted by Crippen LogP contribution is 2.22. The number of nitriles is 1. The Morgan fingerprint density at radius 1 is 1.10 bits per heavy atom. The second kappa shape index (κ2) is 7.08. The molecular formula is C16H15N3O2. The first-order valence-corrected chi connectivity index (χ1v) is 6.46. The van der Waals surface area contributed by atoms with Gasteiger partial charge >= 0.3 is 0 Å². The lowest BCUT2D eigenvalue weighted by Crippen LogP contribution is -2.31. The van der Waals surface area contributed by atoms with Crippen molar-refractivity contribution in [3.8, 4) is 22.9 Å². The van der Waals surface area contributed by atoms with Crippen LogP contribution >= 0.6 is 0 Å². The maximum absolute atomic E-state index is 11.0. The van der Waals surface area contributed by atoms with Gasteiger partial charge in [0.25, 0.3) is 0 Å². The van der Waals surface area contributed by atoms with Crippen LogP contribution in [0.3, 0.4) is 0 Å². The van der Waals surface area contributed by atoms with Gasteiger partial charge in [-0.3, -0.25) is 10.2 Å². The normalized spacial score (nSPS) is 9.71. The second-order valence-electron chi connectivity index (χ2n) is 4.38. The average molecular weight is 281 g/mol. The van der Waals surface area contributed by atoms with Gasteiger partial charge in [-0.05, 0) is 35.4 Å². The molecule has 0 heterocycles. The van der Waals surface area contributed by atoms with Gasteiger partial charge in [-0.1, -0.05) is 24.3 Å². The van der Waals surface area contributed by atoms with Crippen LogP contribution in [-0.4, -0.2) is 12.5 Å². The predicted molar refractivity (Wildman–Crippen MR) is 79.0 cm³/mol. The second-order valence-corrected chi connectivity index (χ2v) is 4.38. The quantitative estimate of drug-likeness (QED) is 0.498. The fourth-order valence-electron chi connectivity index (χ4n) is 1.81. The first-order chi connectivity index (χ1) is 10.2.